The van der Waals surface area contributed by atoms with Gasteiger partial charge in [0, 0.05) is 0 Å². The van der Waals surface area contributed by atoms with Gasteiger partial charge in [0.05, 0.1) is 0 Å². The van der Waals surface area contributed by atoms with Crippen molar-refractivity contribution < 1.29 is 8.78 Å². The summed E-state index contributed by atoms with van der Waals surface area (Å²) in [6.45, 7) is 3.30. The van der Waals surface area contributed by atoms with Crippen LogP contribution in [0.15, 0.2) is 60.7 Å². The average Bonchev–Trinajstić information content (AvgIpc) is 2.52. The molecule has 0 atom stereocenters. The van der Waals surface area contributed by atoms with E-state index >= 15 is 0 Å². The highest BCUT2D eigenvalue weighted by molar-refractivity contribution is 5.27. The maximum Gasteiger partial charge on any atom is 0.123 e. The molecule has 0 spiro atoms. The molecule has 21 heavy (non-hydrogen) atoms. The zero-order valence-electron chi connectivity index (χ0n) is 12.3. The van der Waals surface area contributed by atoms with Crippen molar-refractivity contribution in [2.24, 2.45) is 5.92 Å². The predicted octanol–water partition coefficient (Wildman–Crippen LogP) is 5.74. The van der Waals surface area contributed by atoms with Crippen LogP contribution in [0, 0.1) is 11.7 Å². The van der Waals surface area contributed by atoms with Crippen LogP contribution in [0.25, 0.3) is 0 Å². The molecule has 1 saturated carbocycles. The Bertz CT molecular complexity index is 503. The van der Waals surface area contributed by atoms with Gasteiger partial charge >= 0.3 is 0 Å². The van der Waals surface area contributed by atoms with Gasteiger partial charge in [-0.1, -0.05) is 43.0 Å². The third-order valence-corrected chi connectivity index (χ3v) is 4.25. The van der Waals surface area contributed by atoms with Crippen LogP contribution in [0.3, 0.4) is 0 Å². The van der Waals surface area contributed by atoms with Crippen molar-refractivity contribution in [3.8, 4) is 0 Å². The number of allylic oxidation sites excluding steroid dienone is 5. The van der Waals surface area contributed by atoms with Gasteiger partial charge in [-0.2, -0.15) is 0 Å². The van der Waals surface area contributed by atoms with E-state index < -0.39 is 6.67 Å². The first-order valence-corrected chi connectivity index (χ1v) is 7.55. The van der Waals surface area contributed by atoms with Crippen molar-refractivity contribution in [1.29, 1.82) is 0 Å². The standard InChI is InChI=1S/C19H22F2/c1-2-4-15(5-3-14-20)16-6-8-17(9-7-16)18-10-12-19(21)13-11-18/h2-5,10-13,16-17H,1,6-9,14H2/b5-3-,15-4+. The number of hydrogen-bond donors (Lipinski definition) is 0. The third-order valence-electron chi connectivity index (χ3n) is 4.25. The molecular formula is C19H22F2. The van der Waals surface area contributed by atoms with Crippen LogP contribution in [-0.2, 0) is 0 Å². The minimum absolute atomic E-state index is 0.181. The summed E-state index contributed by atoms with van der Waals surface area (Å²) in [5, 5.41) is 0. The molecule has 0 saturated heterocycles. The topological polar surface area (TPSA) is 0 Å². The van der Waals surface area contributed by atoms with Crippen molar-refractivity contribution in [2.45, 2.75) is 31.6 Å². The van der Waals surface area contributed by atoms with Gasteiger partial charge in [-0.3, -0.25) is 0 Å². The molecule has 0 aliphatic heterocycles. The summed E-state index contributed by atoms with van der Waals surface area (Å²) in [6, 6.07) is 6.86. The molecule has 0 N–H and O–H groups in total. The molecule has 1 aromatic carbocycles. The second kappa shape index (κ2) is 7.92. The number of alkyl halides is 1. The molecule has 2 rings (SSSR count). The van der Waals surface area contributed by atoms with E-state index in [9.17, 15) is 8.78 Å². The first-order chi connectivity index (χ1) is 10.2. The lowest BCUT2D eigenvalue weighted by atomic mass is 9.76. The van der Waals surface area contributed by atoms with Crippen molar-refractivity contribution in [1.82, 2.24) is 0 Å². The molecular weight excluding hydrogens is 266 g/mol. The SMILES string of the molecule is C=C/C=C(\C=C/CF)C1CCC(c2ccc(F)cc2)CC1. The number of hydrogen-bond acceptors (Lipinski definition) is 0. The molecule has 0 bridgehead atoms. The van der Waals surface area contributed by atoms with Gasteiger partial charge in [0.2, 0.25) is 0 Å². The largest absolute Gasteiger partial charge is 0.247 e. The van der Waals surface area contributed by atoms with E-state index in [0.717, 1.165) is 25.7 Å². The molecule has 0 amide bonds. The van der Waals surface area contributed by atoms with Crippen molar-refractivity contribution in [3.05, 3.63) is 72.1 Å². The Balaban J connectivity index is 1.98. The second-order valence-corrected chi connectivity index (χ2v) is 5.56. The minimum atomic E-state index is -0.431. The van der Waals surface area contributed by atoms with Gasteiger partial charge in [0.15, 0.2) is 0 Å². The van der Waals surface area contributed by atoms with Crippen LogP contribution < -0.4 is 0 Å². The molecule has 0 aromatic heterocycles. The minimum Gasteiger partial charge on any atom is -0.247 e. The van der Waals surface area contributed by atoms with Crippen molar-refractivity contribution in [2.75, 3.05) is 6.67 Å². The molecule has 0 unspecified atom stereocenters. The molecule has 112 valence electrons. The Kier molecular flexibility index (Phi) is 5.91. The molecule has 1 aliphatic carbocycles. The highest BCUT2D eigenvalue weighted by atomic mass is 19.1. The summed E-state index contributed by atoms with van der Waals surface area (Å²) >= 11 is 0. The molecule has 0 radical (unpaired) electrons. The summed E-state index contributed by atoms with van der Waals surface area (Å²) in [7, 11) is 0. The molecule has 1 aromatic rings. The van der Waals surface area contributed by atoms with E-state index in [1.54, 1.807) is 12.2 Å². The van der Waals surface area contributed by atoms with Gasteiger partial charge in [0.25, 0.3) is 0 Å². The zero-order chi connectivity index (χ0) is 15.1. The lowest BCUT2D eigenvalue weighted by Gasteiger charge is -2.29. The van der Waals surface area contributed by atoms with Crippen LogP contribution in [-0.4, -0.2) is 6.67 Å². The number of benzene rings is 1. The summed E-state index contributed by atoms with van der Waals surface area (Å²) in [4.78, 5) is 0. The predicted molar refractivity (Wildman–Crippen MR) is 84.5 cm³/mol. The first kappa shape index (κ1) is 15.7. The third kappa shape index (κ3) is 4.38. The van der Waals surface area contributed by atoms with Crippen LogP contribution in [0.2, 0.25) is 0 Å². The van der Waals surface area contributed by atoms with E-state index in [4.69, 9.17) is 0 Å². The van der Waals surface area contributed by atoms with Gasteiger partial charge in [-0.15, -0.1) is 0 Å². The van der Waals surface area contributed by atoms with Crippen molar-refractivity contribution in [3.63, 3.8) is 0 Å². The lowest BCUT2D eigenvalue weighted by Crippen LogP contribution is -2.14. The Morgan fingerprint density at radius 2 is 1.81 bits per heavy atom. The van der Waals surface area contributed by atoms with Gasteiger partial charge in [0.1, 0.15) is 12.5 Å². The maximum absolute atomic E-state index is 13.0. The highest BCUT2D eigenvalue weighted by Gasteiger charge is 2.23. The highest BCUT2D eigenvalue weighted by Crippen LogP contribution is 2.39. The smallest absolute Gasteiger partial charge is 0.123 e. The number of rotatable bonds is 5. The van der Waals surface area contributed by atoms with Crippen molar-refractivity contribution >= 4 is 0 Å². The Hall–Kier alpha value is -1.70. The van der Waals surface area contributed by atoms with E-state index in [0.29, 0.717) is 11.8 Å². The second-order valence-electron chi connectivity index (χ2n) is 5.56. The molecule has 0 heterocycles. The molecule has 0 nitrogen and oxygen atoms in total. The first-order valence-electron chi connectivity index (χ1n) is 7.55. The summed E-state index contributed by atoms with van der Waals surface area (Å²) in [5.74, 6) is 0.805. The van der Waals surface area contributed by atoms with Crippen LogP contribution in [0.1, 0.15) is 37.2 Å². The van der Waals surface area contributed by atoms with Crippen LogP contribution in [0.5, 0.6) is 0 Å². The van der Waals surface area contributed by atoms with Crippen LogP contribution >= 0.6 is 0 Å². The molecule has 1 fully saturated rings. The average molecular weight is 288 g/mol. The van der Waals surface area contributed by atoms with Gasteiger partial charge < -0.3 is 0 Å². The zero-order valence-corrected chi connectivity index (χ0v) is 12.3. The molecule has 2 heteroatoms. The fraction of sp³-hybridized carbons (Fsp3) is 0.368. The van der Waals surface area contributed by atoms with Gasteiger partial charge in [-0.25, -0.2) is 8.78 Å². The van der Waals surface area contributed by atoms with E-state index in [1.807, 2.05) is 24.3 Å². The Morgan fingerprint density at radius 3 is 2.38 bits per heavy atom. The number of halogens is 2. The summed E-state index contributed by atoms with van der Waals surface area (Å²) in [6.07, 6.45) is 11.5. The quantitative estimate of drug-likeness (QED) is 0.606. The summed E-state index contributed by atoms with van der Waals surface area (Å²) < 4.78 is 25.3. The van der Waals surface area contributed by atoms with Gasteiger partial charge in [-0.05, 0) is 60.8 Å². The Morgan fingerprint density at radius 1 is 1.14 bits per heavy atom. The molecule has 1 aliphatic rings. The lowest BCUT2D eigenvalue weighted by molar-refractivity contribution is 0.366. The fourth-order valence-electron chi connectivity index (χ4n) is 3.14. The summed E-state index contributed by atoms with van der Waals surface area (Å²) in [5.41, 5.74) is 2.39. The Labute approximate surface area is 125 Å². The normalized spacial score (nSPS) is 23.4. The van der Waals surface area contributed by atoms with E-state index in [-0.39, 0.29) is 5.82 Å². The van der Waals surface area contributed by atoms with E-state index in [2.05, 4.69) is 6.58 Å². The fourth-order valence-corrected chi connectivity index (χ4v) is 3.14. The monoisotopic (exact) mass is 288 g/mol. The van der Waals surface area contributed by atoms with E-state index in [1.165, 1.54) is 23.3 Å². The maximum atomic E-state index is 13.0. The van der Waals surface area contributed by atoms with Crippen LogP contribution in [0.4, 0.5) is 8.78 Å².